The van der Waals surface area contributed by atoms with Crippen LogP contribution in [0.5, 0.6) is 5.75 Å². The Labute approximate surface area is 211 Å². The predicted molar refractivity (Wildman–Crippen MR) is 130 cm³/mol. The van der Waals surface area contributed by atoms with Crippen molar-refractivity contribution in [3.05, 3.63) is 33.3 Å². The highest BCUT2D eigenvalue weighted by atomic mass is 35.5. The third-order valence-corrected chi connectivity index (χ3v) is 6.92. The zero-order valence-electron chi connectivity index (χ0n) is 19.1. The number of hydrogen-bond acceptors (Lipinski definition) is 9. The standard InChI is InChI=1S/C22H26ClN5O6S/c1-2-34-17-10-14(23)13(9-16(17)27-5-7-33-8-6-27)20(31)25-21(32)26-22-24-15-3-4-28(19(30)12-29)11-18(15)35-22/h9-10,29H,2-8,11-12H2,1H3,(H2,24,25,26,31,32). The van der Waals surface area contributed by atoms with Crippen LogP contribution in [-0.4, -0.2) is 78.9 Å². The molecule has 188 valence electrons. The lowest BCUT2D eigenvalue weighted by molar-refractivity contribution is -0.135. The van der Waals surface area contributed by atoms with Crippen LogP contribution in [0.1, 0.15) is 27.9 Å². The quantitative estimate of drug-likeness (QED) is 0.522. The molecule has 1 saturated heterocycles. The number of carbonyl (C=O) groups is 3. The number of morpholine rings is 1. The number of ether oxygens (including phenoxy) is 2. The number of imide groups is 1. The van der Waals surface area contributed by atoms with Gasteiger partial charge >= 0.3 is 6.03 Å². The van der Waals surface area contributed by atoms with Gasteiger partial charge in [0.1, 0.15) is 12.4 Å². The van der Waals surface area contributed by atoms with Crippen LogP contribution < -0.4 is 20.3 Å². The first-order valence-electron chi connectivity index (χ1n) is 11.2. The highest BCUT2D eigenvalue weighted by Gasteiger charge is 2.25. The van der Waals surface area contributed by atoms with Crippen molar-refractivity contribution >= 4 is 51.6 Å². The highest BCUT2D eigenvalue weighted by molar-refractivity contribution is 7.15. The summed E-state index contributed by atoms with van der Waals surface area (Å²) in [5.41, 5.74) is 1.63. The summed E-state index contributed by atoms with van der Waals surface area (Å²) >= 11 is 7.58. The van der Waals surface area contributed by atoms with E-state index in [9.17, 15) is 14.4 Å². The lowest BCUT2D eigenvalue weighted by Gasteiger charge is -2.30. The van der Waals surface area contributed by atoms with Crippen molar-refractivity contribution in [1.29, 1.82) is 0 Å². The second kappa shape index (κ2) is 11.2. The normalized spacial score (nSPS) is 15.4. The zero-order chi connectivity index (χ0) is 24.9. The topological polar surface area (TPSA) is 133 Å². The van der Waals surface area contributed by atoms with Crippen molar-refractivity contribution in [2.45, 2.75) is 19.9 Å². The molecule has 0 aliphatic carbocycles. The number of aliphatic hydroxyl groups excluding tert-OH is 1. The molecule has 0 saturated carbocycles. The third-order valence-electron chi connectivity index (χ3n) is 5.61. The van der Waals surface area contributed by atoms with E-state index in [-0.39, 0.29) is 16.5 Å². The first-order chi connectivity index (χ1) is 16.9. The maximum atomic E-state index is 12.9. The Morgan fingerprint density at radius 2 is 2.03 bits per heavy atom. The van der Waals surface area contributed by atoms with E-state index in [0.717, 1.165) is 10.6 Å². The van der Waals surface area contributed by atoms with Crippen molar-refractivity contribution < 1.29 is 29.0 Å². The summed E-state index contributed by atoms with van der Waals surface area (Å²) in [5.74, 6) is -0.459. The number of anilines is 2. The van der Waals surface area contributed by atoms with E-state index in [1.807, 2.05) is 11.8 Å². The lowest BCUT2D eigenvalue weighted by atomic mass is 10.1. The van der Waals surface area contributed by atoms with Gasteiger partial charge in [0.2, 0.25) is 5.91 Å². The molecular weight excluding hydrogens is 498 g/mol. The summed E-state index contributed by atoms with van der Waals surface area (Å²) in [7, 11) is 0. The number of nitrogens with zero attached hydrogens (tertiary/aromatic N) is 3. The summed E-state index contributed by atoms with van der Waals surface area (Å²) < 4.78 is 11.1. The molecule has 1 fully saturated rings. The van der Waals surface area contributed by atoms with E-state index < -0.39 is 18.5 Å². The van der Waals surface area contributed by atoms with Gasteiger partial charge in [-0.2, -0.15) is 0 Å². The van der Waals surface area contributed by atoms with Crippen LogP contribution in [0.4, 0.5) is 15.6 Å². The number of halogens is 1. The number of thiazole rings is 1. The van der Waals surface area contributed by atoms with Crippen molar-refractivity contribution in [1.82, 2.24) is 15.2 Å². The highest BCUT2D eigenvalue weighted by Crippen LogP contribution is 2.35. The SMILES string of the molecule is CCOc1cc(Cl)c(C(=O)NC(=O)Nc2nc3c(s2)CN(C(=O)CO)CC3)cc1N1CCOCC1. The molecule has 2 aliphatic heterocycles. The van der Waals surface area contributed by atoms with Crippen LogP contribution in [0.2, 0.25) is 5.02 Å². The lowest BCUT2D eigenvalue weighted by Crippen LogP contribution is -2.37. The number of nitrogens with one attached hydrogen (secondary N) is 2. The summed E-state index contributed by atoms with van der Waals surface area (Å²) in [6, 6.07) is 2.45. The molecule has 3 heterocycles. The first-order valence-corrected chi connectivity index (χ1v) is 12.4. The fraction of sp³-hybridized carbons (Fsp3) is 0.455. The van der Waals surface area contributed by atoms with Crippen molar-refractivity contribution in [2.24, 2.45) is 0 Å². The summed E-state index contributed by atoms with van der Waals surface area (Å²) in [6.07, 6.45) is 0.520. The molecular formula is C22H26ClN5O6S. The van der Waals surface area contributed by atoms with Crippen LogP contribution >= 0.6 is 22.9 Å². The number of aliphatic hydroxyl groups is 1. The number of urea groups is 1. The van der Waals surface area contributed by atoms with E-state index in [4.69, 9.17) is 26.2 Å². The molecule has 2 aromatic rings. The van der Waals surface area contributed by atoms with Gasteiger partial charge in [-0.25, -0.2) is 9.78 Å². The Morgan fingerprint density at radius 1 is 1.26 bits per heavy atom. The van der Waals surface area contributed by atoms with Gasteiger partial charge in [0.05, 0.1) is 48.3 Å². The second-order valence-corrected chi connectivity index (χ2v) is 9.34. The monoisotopic (exact) mass is 523 g/mol. The van der Waals surface area contributed by atoms with Gasteiger partial charge in [-0.1, -0.05) is 22.9 Å². The maximum absolute atomic E-state index is 12.9. The van der Waals surface area contributed by atoms with Gasteiger partial charge < -0.3 is 24.4 Å². The maximum Gasteiger partial charge on any atom is 0.327 e. The third kappa shape index (κ3) is 5.84. The van der Waals surface area contributed by atoms with Gasteiger partial charge in [-0.3, -0.25) is 20.2 Å². The molecule has 2 aliphatic rings. The number of benzene rings is 1. The molecule has 4 amide bonds. The zero-order valence-corrected chi connectivity index (χ0v) is 20.7. The fourth-order valence-electron chi connectivity index (χ4n) is 3.90. The summed E-state index contributed by atoms with van der Waals surface area (Å²) in [5, 5.41) is 14.4. The molecule has 0 radical (unpaired) electrons. The number of amides is 4. The fourth-order valence-corrected chi connectivity index (χ4v) is 5.16. The first kappa shape index (κ1) is 25.2. The van der Waals surface area contributed by atoms with Gasteiger partial charge in [0, 0.05) is 37.0 Å². The van der Waals surface area contributed by atoms with E-state index in [1.54, 1.807) is 12.1 Å². The molecule has 0 spiro atoms. The minimum atomic E-state index is -0.748. The minimum Gasteiger partial charge on any atom is -0.492 e. The average molecular weight is 524 g/mol. The van der Waals surface area contributed by atoms with Crippen molar-refractivity contribution in [2.75, 3.05) is 56.3 Å². The number of fused-ring (bicyclic) bond motifs is 1. The van der Waals surface area contributed by atoms with Crippen LogP contribution in [0, 0.1) is 0 Å². The van der Waals surface area contributed by atoms with Gasteiger partial charge in [0.15, 0.2) is 5.13 Å². The Bertz CT molecular complexity index is 1120. The largest absolute Gasteiger partial charge is 0.492 e. The number of carbonyl (C=O) groups excluding carboxylic acids is 3. The van der Waals surface area contributed by atoms with E-state index >= 15 is 0 Å². The van der Waals surface area contributed by atoms with Crippen LogP contribution in [0.3, 0.4) is 0 Å². The van der Waals surface area contributed by atoms with Crippen LogP contribution in [-0.2, 0) is 22.5 Å². The van der Waals surface area contributed by atoms with Gasteiger partial charge in [-0.05, 0) is 13.0 Å². The number of aromatic nitrogens is 1. The Balaban J connectivity index is 1.45. The van der Waals surface area contributed by atoms with Crippen LogP contribution in [0.25, 0.3) is 0 Å². The molecule has 1 aromatic heterocycles. The van der Waals surface area contributed by atoms with Gasteiger partial charge in [0.25, 0.3) is 5.91 Å². The second-order valence-electron chi connectivity index (χ2n) is 7.85. The van der Waals surface area contributed by atoms with E-state index in [2.05, 4.69) is 15.6 Å². The number of rotatable bonds is 6. The van der Waals surface area contributed by atoms with Gasteiger partial charge in [-0.15, -0.1) is 0 Å². The van der Waals surface area contributed by atoms with E-state index in [0.29, 0.717) is 69.0 Å². The molecule has 35 heavy (non-hydrogen) atoms. The molecule has 1 aromatic carbocycles. The Hall–Kier alpha value is -2.93. The molecule has 3 N–H and O–H groups in total. The Kier molecular flexibility index (Phi) is 8.06. The molecule has 4 rings (SSSR count). The van der Waals surface area contributed by atoms with Crippen molar-refractivity contribution in [3.8, 4) is 5.75 Å². The molecule has 0 atom stereocenters. The molecule has 11 nitrogen and oxygen atoms in total. The Morgan fingerprint density at radius 3 is 2.74 bits per heavy atom. The summed E-state index contributed by atoms with van der Waals surface area (Å²) in [4.78, 5) is 46.0. The predicted octanol–water partition coefficient (Wildman–Crippen LogP) is 1.87. The smallest absolute Gasteiger partial charge is 0.327 e. The molecule has 13 heteroatoms. The van der Waals surface area contributed by atoms with E-state index in [1.165, 1.54) is 16.2 Å². The van der Waals surface area contributed by atoms with Crippen LogP contribution in [0.15, 0.2) is 12.1 Å². The summed E-state index contributed by atoms with van der Waals surface area (Å²) in [6.45, 7) is 4.90. The minimum absolute atomic E-state index is 0.142. The molecule has 0 bridgehead atoms. The van der Waals surface area contributed by atoms with Crippen molar-refractivity contribution in [3.63, 3.8) is 0 Å². The average Bonchev–Trinajstić information content (AvgIpc) is 3.25. The molecule has 0 unspecified atom stereocenters. The number of hydrogen-bond donors (Lipinski definition) is 3.